The van der Waals surface area contributed by atoms with Crippen LogP contribution in [0.3, 0.4) is 0 Å². The predicted octanol–water partition coefficient (Wildman–Crippen LogP) is 2.07. The van der Waals surface area contributed by atoms with Crippen LogP contribution in [0.15, 0.2) is 0 Å². The third-order valence-electron chi connectivity index (χ3n) is 4.16. The van der Waals surface area contributed by atoms with Crippen molar-refractivity contribution >= 4 is 5.91 Å². The molecule has 0 radical (unpaired) electrons. The summed E-state index contributed by atoms with van der Waals surface area (Å²) < 4.78 is 0. The van der Waals surface area contributed by atoms with Gasteiger partial charge in [0.2, 0.25) is 5.91 Å². The van der Waals surface area contributed by atoms with Crippen LogP contribution in [0, 0.1) is 11.3 Å². The SMILES string of the molecule is CCCC1(C(=O)NCC(C)(O)CC(C)C)CCCNC1. The number of hydrogen-bond donors (Lipinski definition) is 3. The summed E-state index contributed by atoms with van der Waals surface area (Å²) in [4.78, 5) is 12.6. The second kappa shape index (κ2) is 7.41. The predicted molar refractivity (Wildman–Crippen MR) is 82.5 cm³/mol. The molecular weight excluding hydrogens is 252 g/mol. The first-order valence-corrected chi connectivity index (χ1v) is 8.03. The van der Waals surface area contributed by atoms with E-state index >= 15 is 0 Å². The van der Waals surface area contributed by atoms with Gasteiger partial charge in [-0.15, -0.1) is 0 Å². The molecule has 0 aromatic rings. The topological polar surface area (TPSA) is 61.4 Å². The summed E-state index contributed by atoms with van der Waals surface area (Å²) in [6.07, 6.45) is 4.63. The molecule has 1 aliphatic heterocycles. The van der Waals surface area contributed by atoms with Crippen molar-refractivity contribution in [3.05, 3.63) is 0 Å². The third kappa shape index (κ3) is 5.06. The Balaban J connectivity index is 2.58. The van der Waals surface area contributed by atoms with Gasteiger partial charge in [0.15, 0.2) is 0 Å². The third-order valence-corrected chi connectivity index (χ3v) is 4.16. The first kappa shape index (κ1) is 17.4. The van der Waals surface area contributed by atoms with Gasteiger partial charge in [-0.3, -0.25) is 4.79 Å². The smallest absolute Gasteiger partial charge is 0.227 e. The summed E-state index contributed by atoms with van der Waals surface area (Å²) in [5.41, 5.74) is -1.10. The van der Waals surface area contributed by atoms with Crippen LogP contribution in [-0.2, 0) is 4.79 Å². The van der Waals surface area contributed by atoms with Crippen LogP contribution in [0.4, 0.5) is 0 Å². The normalized spacial score (nSPS) is 26.3. The average Bonchev–Trinajstić information content (AvgIpc) is 2.36. The molecule has 3 N–H and O–H groups in total. The summed E-state index contributed by atoms with van der Waals surface area (Å²) in [6, 6.07) is 0. The van der Waals surface area contributed by atoms with Crippen molar-refractivity contribution in [2.45, 2.75) is 65.4 Å². The minimum absolute atomic E-state index is 0.107. The second-order valence-electron chi connectivity index (χ2n) is 7.09. The molecule has 1 heterocycles. The fraction of sp³-hybridized carbons (Fsp3) is 0.938. The van der Waals surface area contributed by atoms with Crippen LogP contribution in [0.5, 0.6) is 0 Å². The maximum Gasteiger partial charge on any atom is 0.227 e. The zero-order valence-corrected chi connectivity index (χ0v) is 13.6. The molecule has 2 unspecified atom stereocenters. The highest BCUT2D eigenvalue weighted by molar-refractivity contribution is 5.83. The molecule has 4 heteroatoms. The fourth-order valence-corrected chi connectivity index (χ4v) is 3.38. The lowest BCUT2D eigenvalue weighted by molar-refractivity contribution is -0.134. The number of carbonyl (C=O) groups excluding carboxylic acids is 1. The highest BCUT2D eigenvalue weighted by atomic mass is 16.3. The second-order valence-corrected chi connectivity index (χ2v) is 7.09. The molecule has 2 atom stereocenters. The molecule has 0 bridgehead atoms. The minimum Gasteiger partial charge on any atom is -0.388 e. The summed E-state index contributed by atoms with van der Waals surface area (Å²) in [5.74, 6) is 0.526. The van der Waals surface area contributed by atoms with Crippen molar-refractivity contribution in [1.29, 1.82) is 0 Å². The molecule has 1 rings (SSSR count). The summed E-state index contributed by atoms with van der Waals surface area (Å²) in [5, 5.41) is 16.7. The molecular formula is C16H32N2O2. The summed E-state index contributed by atoms with van der Waals surface area (Å²) >= 11 is 0. The Kier molecular flexibility index (Phi) is 6.46. The molecule has 1 fully saturated rings. The summed E-state index contributed by atoms with van der Waals surface area (Å²) in [6.45, 7) is 10.2. The van der Waals surface area contributed by atoms with Gasteiger partial charge in [-0.2, -0.15) is 0 Å². The molecule has 0 aromatic heterocycles. The van der Waals surface area contributed by atoms with E-state index < -0.39 is 5.60 Å². The highest BCUT2D eigenvalue weighted by Gasteiger charge is 2.39. The quantitative estimate of drug-likeness (QED) is 0.671. The van der Waals surface area contributed by atoms with E-state index in [1.54, 1.807) is 6.92 Å². The molecule has 4 nitrogen and oxygen atoms in total. The van der Waals surface area contributed by atoms with E-state index in [1.165, 1.54) is 0 Å². The van der Waals surface area contributed by atoms with Gasteiger partial charge >= 0.3 is 0 Å². The number of hydrogen-bond acceptors (Lipinski definition) is 3. The van der Waals surface area contributed by atoms with Crippen LogP contribution < -0.4 is 10.6 Å². The van der Waals surface area contributed by atoms with Crippen molar-refractivity contribution in [2.75, 3.05) is 19.6 Å². The zero-order valence-electron chi connectivity index (χ0n) is 13.6. The number of piperidine rings is 1. The van der Waals surface area contributed by atoms with Crippen molar-refractivity contribution < 1.29 is 9.90 Å². The van der Waals surface area contributed by atoms with E-state index in [9.17, 15) is 9.90 Å². The number of aliphatic hydroxyl groups is 1. The number of nitrogens with one attached hydrogen (secondary N) is 2. The first-order chi connectivity index (χ1) is 9.31. The van der Waals surface area contributed by atoms with Crippen molar-refractivity contribution in [2.24, 2.45) is 11.3 Å². The van der Waals surface area contributed by atoms with Gasteiger partial charge in [-0.05, 0) is 45.1 Å². The Morgan fingerprint density at radius 1 is 1.50 bits per heavy atom. The molecule has 0 aromatic carbocycles. The monoisotopic (exact) mass is 284 g/mol. The van der Waals surface area contributed by atoms with Gasteiger partial charge in [0.25, 0.3) is 0 Å². The average molecular weight is 284 g/mol. The molecule has 1 aliphatic rings. The van der Waals surface area contributed by atoms with E-state index in [-0.39, 0.29) is 11.3 Å². The standard InChI is InChI=1S/C16H32N2O2/c1-5-7-16(8-6-9-17-12-16)14(19)18-11-15(4,20)10-13(2)3/h13,17,20H,5-12H2,1-4H3,(H,18,19). The Morgan fingerprint density at radius 2 is 2.20 bits per heavy atom. The van der Waals surface area contributed by atoms with Crippen molar-refractivity contribution in [1.82, 2.24) is 10.6 Å². The molecule has 0 spiro atoms. The molecule has 20 heavy (non-hydrogen) atoms. The van der Waals surface area contributed by atoms with Gasteiger partial charge in [0.05, 0.1) is 11.0 Å². The zero-order chi connectivity index (χ0) is 15.2. The molecule has 1 saturated heterocycles. The Labute approximate surface area is 123 Å². The number of carbonyl (C=O) groups is 1. The van der Waals surface area contributed by atoms with Crippen molar-refractivity contribution in [3.63, 3.8) is 0 Å². The van der Waals surface area contributed by atoms with Crippen LogP contribution in [-0.4, -0.2) is 36.2 Å². The lowest BCUT2D eigenvalue weighted by Crippen LogP contribution is -2.53. The van der Waals surface area contributed by atoms with Crippen LogP contribution >= 0.6 is 0 Å². The Hall–Kier alpha value is -0.610. The Bertz CT molecular complexity index is 302. The lowest BCUT2D eigenvalue weighted by atomic mass is 9.76. The molecule has 118 valence electrons. The van der Waals surface area contributed by atoms with Crippen LogP contribution in [0.1, 0.15) is 59.8 Å². The van der Waals surface area contributed by atoms with E-state index in [1.807, 2.05) is 0 Å². The minimum atomic E-state index is -0.820. The molecule has 0 aliphatic carbocycles. The van der Waals surface area contributed by atoms with E-state index in [4.69, 9.17) is 0 Å². The molecule has 0 saturated carbocycles. The highest BCUT2D eigenvalue weighted by Crippen LogP contribution is 2.32. The van der Waals surface area contributed by atoms with Gasteiger partial charge in [-0.25, -0.2) is 0 Å². The van der Waals surface area contributed by atoms with E-state index in [0.29, 0.717) is 18.9 Å². The van der Waals surface area contributed by atoms with Gasteiger partial charge in [0, 0.05) is 13.1 Å². The van der Waals surface area contributed by atoms with Crippen LogP contribution in [0.2, 0.25) is 0 Å². The van der Waals surface area contributed by atoms with Gasteiger partial charge in [0.1, 0.15) is 0 Å². The number of rotatable bonds is 7. The first-order valence-electron chi connectivity index (χ1n) is 8.03. The summed E-state index contributed by atoms with van der Waals surface area (Å²) in [7, 11) is 0. The van der Waals surface area contributed by atoms with Crippen LogP contribution in [0.25, 0.3) is 0 Å². The Morgan fingerprint density at radius 3 is 2.70 bits per heavy atom. The lowest BCUT2D eigenvalue weighted by Gasteiger charge is -2.37. The maximum atomic E-state index is 12.6. The maximum absolute atomic E-state index is 12.6. The largest absolute Gasteiger partial charge is 0.388 e. The fourth-order valence-electron chi connectivity index (χ4n) is 3.38. The van der Waals surface area contributed by atoms with E-state index in [0.717, 1.165) is 38.8 Å². The molecule has 1 amide bonds. The van der Waals surface area contributed by atoms with Gasteiger partial charge < -0.3 is 15.7 Å². The van der Waals surface area contributed by atoms with E-state index in [2.05, 4.69) is 31.4 Å². The number of amides is 1. The van der Waals surface area contributed by atoms with Gasteiger partial charge in [-0.1, -0.05) is 27.2 Å². The van der Waals surface area contributed by atoms with Crippen molar-refractivity contribution in [3.8, 4) is 0 Å².